The molecule has 7 heteroatoms. The predicted octanol–water partition coefficient (Wildman–Crippen LogP) is 0.965. The third-order valence-electron chi connectivity index (χ3n) is 3.32. The quantitative estimate of drug-likeness (QED) is 0.406. The van der Waals surface area contributed by atoms with Crippen molar-refractivity contribution in [3.8, 4) is 5.75 Å². The number of hydrogen-bond acceptors (Lipinski definition) is 6. The third kappa shape index (κ3) is 8.00. The van der Waals surface area contributed by atoms with Gasteiger partial charge < -0.3 is 25.2 Å². The van der Waals surface area contributed by atoms with Gasteiger partial charge in [-0.25, -0.2) is 4.79 Å². The molecule has 0 aliphatic carbocycles. The van der Waals surface area contributed by atoms with E-state index in [0.717, 1.165) is 0 Å². The summed E-state index contributed by atoms with van der Waals surface area (Å²) in [5.74, 6) is -0.115. The summed E-state index contributed by atoms with van der Waals surface area (Å²) in [5.41, 5.74) is 0.334. The first-order valence-electron chi connectivity index (χ1n) is 8.51. The summed E-state index contributed by atoms with van der Waals surface area (Å²) in [4.78, 5) is 23.2. The zero-order valence-corrected chi connectivity index (χ0v) is 15.1. The van der Waals surface area contributed by atoms with E-state index in [1.54, 1.807) is 31.2 Å². The Bertz CT molecular complexity index is 548. The monoisotopic (exact) mass is 352 g/mol. The topological polar surface area (TPSA) is 96.9 Å². The molecule has 7 nitrogen and oxygen atoms in total. The van der Waals surface area contributed by atoms with E-state index < -0.39 is 12.1 Å². The molecule has 1 rings (SSSR count). The van der Waals surface area contributed by atoms with E-state index in [2.05, 4.69) is 10.6 Å². The van der Waals surface area contributed by atoms with Gasteiger partial charge >= 0.3 is 5.97 Å². The maximum atomic E-state index is 11.8. The van der Waals surface area contributed by atoms with Gasteiger partial charge in [-0.05, 0) is 19.1 Å². The molecule has 1 unspecified atom stereocenters. The van der Waals surface area contributed by atoms with Gasteiger partial charge in [0.25, 0.3) is 0 Å². The van der Waals surface area contributed by atoms with Crippen LogP contribution in [-0.4, -0.2) is 55.9 Å². The molecule has 1 aromatic rings. The molecule has 0 aromatic heterocycles. The molecule has 0 bridgehead atoms. The van der Waals surface area contributed by atoms with Crippen molar-refractivity contribution in [1.82, 2.24) is 10.6 Å². The molecule has 0 heterocycles. The predicted molar refractivity (Wildman–Crippen MR) is 94.6 cm³/mol. The van der Waals surface area contributed by atoms with Crippen molar-refractivity contribution in [2.45, 2.75) is 26.9 Å². The van der Waals surface area contributed by atoms with Gasteiger partial charge in [0.1, 0.15) is 24.0 Å². The second kappa shape index (κ2) is 11.4. The van der Waals surface area contributed by atoms with Gasteiger partial charge in [-0.2, -0.15) is 0 Å². The standard InChI is InChI=1S/C18H28N2O5/c1-4-24-18(23)15-7-5-6-8-16(15)25-12-14(21)11-19-9-10-20-17(22)13(2)3/h5-8,13-14,19,21H,4,9-12H2,1-3H3,(H,20,22). The lowest BCUT2D eigenvalue weighted by Gasteiger charge is -2.15. The van der Waals surface area contributed by atoms with Crippen LogP contribution in [0.25, 0.3) is 0 Å². The number of carbonyl (C=O) groups excluding carboxylic acids is 2. The number of ether oxygens (including phenoxy) is 2. The smallest absolute Gasteiger partial charge is 0.341 e. The molecule has 0 saturated carbocycles. The molecule has 140 valence electrons. The molecule has 0 saturated heterocycles. The van der Waals surface area contributed by atoms with Crippen molar-refractivity contribution in [1.29, 1.82) is 0 Å². The number of benzene rings is 1. The number of nitrogens with one attached hydrogen (secondary N) is 2. The normalized spacial score (nSPS) is 11.9. The first kappa shape index (κ1) is 20.9. The minimum atomic E-state index is -0.740. The van der Waals surface area contributed by atoms with Gasteiger partial charge in [0, 0.05) is 25.6 Å². The van der Waals surface area contributed by atoms with Crippen molar-refractivity contribution in [3.05, 3.63) is 29.8 Å². The van der Waals surface area contributed by atoms with Crippen molar-refractivity contribution < 1.29 is 24.2 Å². The number of esters is 1. The number of aliphatic hydroxyl groups excluding tert-OH is 1. The van der Waals surface area contributed by atoms with E-state index in [1.165, 1.54) is 0 Å². The Balaban J connectivity index is 2.31. The number of aliphatic hydroxyl groups is 1. The summed E-state index contributed by atoms with van der Waals surface area (Å²) >= 11 is 0. The molecule has 25 heavy (non-hydrogen) atoms. The van der Waals surface area contributed by atoms with Crippen molar-refractivity contribution >= 4 is 11.9 Å². The average Bonchev–Trinajstić information content (AvgIpc) is 2.59. The van der Waals surface area contributed by atoms with Gasteiger partial charge in [0.05, 0.1) is 6.61 Å². The Hall–Kier alpha value is -2.12. The number of hydrogen-bond donors (Lipinski definition) is 3. The lowest BCUT2D eigenvalue weighted by atomic mass is 10.2. The fourth-order valence-electron chi connectivity index (χ4n) is 1.96. The number of amides is 1. The summed E-state index contributed by atoms with van der Waals surface area (Å²) in [6.45, 7) is 7.09. The molecule has 0 aliphatic rings. The third-order valence-corrected chi connectivity index (χ3v) is 3.32. The summed E-state index contributed by atoms with van der Waals surface area (Å²) in [7, 11) is 0. The van der Waals surface area contributed by atoms with Gasteiger partial charge in [-0.3, -0.25) is 4.79 Å². The van der Waals surface area contributed by atoms with E-state index in [9.17, 15) is 14.7 Å². The van der Waals surface area contributed by atoms with Gasteiger partial charge in [-0.1, -0.05) is 26.0 Å². The first-order chi connectivity index (χ1) is 12.0. The van der Waals surface area contributed by atoms with Crippen LogP contribution >= 0.6 is 0 Å². The highest BCUT2D eigenvalue weighted by atomic mass is 16.5. The number of para-hydroxylation sites is 1. The molecular formula is C18H28N2O5. The summed E-state index contributed by atoms with van der Waals surface area (Å²) in [6, 6.07) is 6.76. The fourth-order valence-corrected chi connectivity index (χ4v) is 1.96. The Labute approximate surface area is 148 Å². The van der Waals surface area contributed by atoms with E-state index >= 15 is 0 Å². The molecule has 0 spiro atoms. The lowest BCUT2D eigenvalue weighted by Crippen LogP contribution is -2.38. The second-order valence-corrected chi connectivity index (χ2v) is 5.83. The molecule has 1 aromatic carbocycles. The van der Waals surface area contributed by atoms with Gasteiger partial charge in [-0.15, -0.1) is 0 Å². The summed E-state index contributed by atoms with van der Waals surface area (Å²) in [6.07, 6.45) is -0.740. The highest BCUT2D eigenvalue weighted by molar-refractivity contribution is 5.92. The summed E-state index contributed by atoms with van der Waals surface area (Å²) in [5, 5.41) is 15.8. The van der Waals surface area contributed by atoms with Gasteiger partial charge in [0.15, 0.2) is 0 Å². The van der Waals surface area contributed by atoms with E-state index in [4.69, 9.17) is 9.47 Å². The van der Waals surface area contributed by atoms with E-state index in [1.807, 2.05) is 13.8 Å². The van der Waals surface area contributed by atoms with Crippen molar-refractivity contribution in [2.75, 3.05) is 32.8 Å². The van der Waals surface area contributed by atoms with Crippen LogP contribution in [0.5, 0.6) is 5.75 Å². The Morgan fingerprint density at radius 3 is 2.60 bits per heavy atom. The molecule has 0 aliphatic heterocycles. The highest BCUT2D eigenvalue weighted by Crippen LogP contribution is 2.19. The van der Waals surface area contributed by atoms with Crippen LogP contribution < -0.4 is 15.4 Å². The van der Waals surface area contributed by atoms with Crippen LogP contribution in [-0.2, 0) is 9.53 Å². The average molecular weight is 352 g/mol. The highest BCUT2D eigenvalue weighted by Gasteiger charge is 2.14. The molecule has 0 radical (unpaired) electrons. The lowest BCUT2D eigenvalue weighted by molar-refractivity contribution is -0.123. The van der Waals surface area contributed by atoms with Crippen LogP contribution in [0.3, 0.4) is 0 Å². The minimum absolute atomic E-state index is 0.00116. The largest absolute Gasteiger partial charge is 0.490 e. The first-order valence-corrected chi connectivity index (χ1v) is 8.51. The maximum absolute atomic E-state index is 11.8. The molecule has 1 atom stereocenters. The Kier molecular flexibility index (Phi) is 9.57. The zero-order chi connectivity index (χ0) is 18.7. The van der Waals surface area contributed by atoms with E-state index in [0.29, 0.717) is 30.9 Å². The Morgan fingerprint density at radius 2 is 1.92 bits per heavy atom. The molecule has 0 fully saturated rings. The van der Waals surface area contributed by atoms with Crippen LogP contribution in [0.2, 0.25) is 0 Å². The second-order valence-electron chi connectivity index (χ2n) is 5.83. The van der Waals surface area contributed by atoms with Crippen molar-refractivity contribution in [3.63, 3.8) is 0 Å². The molecule has 3 N–H and O–H groups in total. The van der Waals surface area contributed by atoms with E-state index in [-0.39, 0.29) is 25.0 Å². The van der Waals surface area contributed by atoms with Crippen LogP contribution in [0.4, 0.5) is 0 Å². The fraction of sp³-hybridized carbons (Fsp3) is 0.556. The zero-order valence-electron chi connectivity index (χ0n) is 15.1. The molecule has 1 amide bonds. The van der Waals surface area contributed by atoms with Crippen LogP contribution in [0.15, 0.2) is 24.3 Å². The number of carbonyl (C=O) groups is 2. The van der Waals surface area contributed by atoms with Crippen LogP contribution in [0.1, 0.15) is 31.1 Å². The minimum Gasteiger partial charge on any atom is -0.490 e. The molecular weight excluding hydrogens is 324 g/mol. The van der Waals surface area contributed by atoms with Crippen LogP contribution in [0, 0.1) is 5.92 Å². The Morgan fingerprint density at radius 1 is 1.20 bits per heavy atom. The maximum Gasteiger partial charge on any atom is 0.341 e. The van der Waals surface area contributed by atoms with Gasteiger partial charge in [0.2, 0.25) is 5.91 Å². The summed E-state index contributed by atoms with van der Waals surface area (Å²) < 4.78 is 10.5. The SMILES string of the molecule is CCOC(=O)c1ccccc1OCC(O)CNCCNC(=O)C(C)C. The van der Waals surface area contributed by atoms with Crippen molar-refractivity contribution in [2.24, 2.45) is 5.92 Å². The number of rotatable bonds is 11.